The van der Waals surface area contributed by atoms with Crippen molar-refractivity contribution in [2.45, 2.75) is 143 Å². The summed E-state index contributed by atoms with van der Waals surface area (Å²) in [6.45, 7) is 18.1. The molecule has 10 atom stereocenters. The van der Waals surface area contributed by atoms with E-state index in [4.69, 9.17) is 18.9 Å². The molecule has 0 radical (unpaired) electrons. The Balaban J connectivity index is 1.57. The van der Waals surface area contributed by atoms with Crippen molar-refractivity contribution in [3.63, 3.8) is 0 Å². The molecule has 5 heteroatoms. The van der Waals surface area contributed by atoms with E-state index < -0.39 is 11.6 Å². The van der Waals surface area contributed by atoms with Crippen LogP contribution in [0.5, 0.6) is 0 Å². The second-order valence-corrected chi connectivity index (χ2v) is 12.4. The quantitative estimate of drug-likeness (QED) is 0.452. The second-order valence-electron chi connectivity index (χ2n) is 12.4. The fraction of sp³-hybridized carbons (Fsp3) is 1.00. The van der Waals surface area contributed by atoms with Gasteiger partial charge >= 0.3 is 0 Å². The highest BCUT2D eigenvalue weighted by Gasteiger charge is 2.47. The molecule has 0 aromatic carbocycles. The van der Waals surface area contributed by atoms with Gasteiger partial charge in [-0.05, 0) is 83.0 Å². The van der Waals surface area contributed by atoms with Crippen molar-refractivity contribution in [2.75, 3.05) is 6.61 Å². The maximum atomic E-state index is 9.89. The molecular formula is C28H52O5. The van der Waals surface area contributed by atoms with Crippen molar-refractivity contribution < 1.29 is 24.1 Å². The van der Waals surface area contributed by atoms with Crippen molar-refractivity contribution >= 4 is 0 Å². The molecule has 1 unspecified atom stereocenters. The Hall–Kier alpha value is -0.200. The maximum Gasteiger partial charge on any atom is 0.169 e. The Morgan fingerprint density at radius 2 is 1.42 bits per heavy atom. The molecule has 3 fully saturated rings. The van der Waals surface area contributed by atoms with Crippen molar-refractivity contribution in [1.82, 2.24) is 0 Å². The van der Waals surface area contributed by atoms with Crippen molar-refractivity contribution in [1.29, 1.82) is 0 Å². The Kier molecular flexibility index (Phi) is 9.33. The fourth-order valence-electron chi connectivity index (χ4n) is 5.97. The summed E-state index contributed by atoms with van der Waals surface area (Å²) in [5.41, 5.74) is 0. The number of rotatable bonds is 8. The number of hydrogen-bond donors (Lipinski definition) is 1. The third-order valence-corrected chi connectivity index (χ3v) is 8.83. The van der Waals surface area contributed by atoms with Crippen LogP contribution in [0.2, 0.25) is 0 Å². The SMILES string of the molecule is CC(O)[C@@H](C)CC[C@@H]1O[C@@]2(CC[C@H]1C)CC[C@H](C)[C@H]([C@H](C)CC[C@@H]1OC(C)(C)OC[C@H]1C)O2. The van der Waals surface area contributed by atoms with Crippen molar-refractivity contribution in [3.05, 3.63) is 0 Å². The van der Waals surface area contributed by atoms with Crippen molar-refractivity contribution in [2.24, 2.45) is 29.6 Å². The molecule has 3 aliphatic heterocycles. The lowest BCUT2D eigenvalue weighted by atomic mass is 9.79. The van der Waals surface area contributed by atoms with E-state index in [2.05, 4.69) is 34.6 Å². The highest BCUT2D eigenvalue weighted by Crippen LogP contribution is 2.46. The van der Waals surface area contributed by atoms with Gasteiger partial charge < -0.3 is 24.1 Å². The number of ether oxygens (including phenoxy) is 4. The molecule has 3 aliphatic rings. The summed E-state index contributed by atoms with van der Waals surface area (Å²) in [4.78, 5) is 0. The maximum absolute atomic E-state index is 9.89. The van der Waals surface area contributed by atoms with Gasteiger partial charge in [0.05, 0.1) is 31.0 Å². The van der Waals surface area contributed by atoms with Crippen LogP contribution in [0, 0.1) is 29.6 Å². The molecule has 5 nitrogen and oxygen atoms in total. The second kappa shape index (κ2) is 11.2. The molecular weight excluding hydrogens is 416 g/mol. The molecule has 1 N–H and O–H groups in total. The predicted octanol–water partition coefficient (Wildman–Crippen LogP) is 6.31. The van der Waals surface area contributed by atoms with Crippen LogP contribution in [-0.2, 0) is 18.9 Å². The first-order valence-corrected chi connectivity index (χ1v) is 13.8. The molecule has 194 valence electrons. The topological polar surface area (TPSA) is 57.2 Å². The molecule has 0 saturated carbocycles. The van der Waals surface area contributed by atoms with Gasteiger partial charge in [0.1, 0.15) is 0 Å². The summed E-state index contributed by atoms with van der Waals surface area (Å²) < 4.78 is 25.7. The first kappa shape index (κ1) is 27.4. The van der Waals surface area contributed by atoms with Crippen LogP contribution in [0.4, 0.5) is 0 Å². The van der Waals surface area contributed by atoms with E-state index in [1.165, 1.54) is 0 Å². The summed E-state index contributed by atoms with van der Waals surface area (Å²) >= 11 is 0. The highest BCUT2D eigenvalue weighted by molar-refractivity contribution is 4.90. The van der Waals surface area contributed by atoms with Gasteiger partial charge in [-0.1, -0.05) is 34.6 Å². The smallest absolute Gasteiger partial charge is 0.169 e. The summed E-state index contributed by atoms with van der Waals surface area (Å²) in [6.07, 6.45) is 8.91. The van der Waals surface area contributed by atoms with Gasteiger partial charge in [0, 0.05) is 18.8 Å². The van der Waals surface area contributed by atoms with Gasteiger partial charge in [-0.15, -0.1) is 0 Å². The lowest BCUT2D eigenvalue weighted by Crippen LogP contribution is -2.53. The third kappa shape index (κ3) is 7.16. The molecule has 0 aromatic rings. The lowest BCUT2D eigenvalue weighted by molar-refractivity contribution is -0.338. The van der Waals surface area contributed by atoms with Crippen LogP contribution in [0.15, 0.2) is 0 Å². The van der Waals surface area contributed by atoms with Crippen molar-refractivity contribution in [3.8, 4) is 0 Å². The van der Waals surface area contributed by atoms with E-state index >= 15 is 0 Å². The van der Waals surface area contributed by atoms with Gasteiger partial charge in [-0.3, -0.25) is 0 Å². The van der Waals surface area contributed by atoms with E-state index in [0.29, 0.717) is 29.6 Å². The molecule has 3 rings (SSSR count). The molecule has 3 heterocycles. The van der Waals surface area contributed by atoms with Gasteiger partial charge in [-0.25, -0.2) is 0 Å². The van der Waals surface area contributed by atoms with Crippen LogP contribution in [0.1, 0.15) is 107 Å². The molecule has 0 amide bonds. The van der Waals surface area contributed by atoms with Crippen LogP contribution in [-0.4, -0.2) is 47.7 Å². The summed E-state index contributed by atoms with van der Waals surface area (Å²) in [6, 6.07) is 0. The average Bonchev–Trinajstić information content (AvgIpc) is 2.76. The molecule has 33 heavy (non-hydrogen) atoms. The average molecular weight is 469 g/mol. The Labute approximate surface area is 203 Å². The Morgan fingerprint density at radius 3 is 2.09 bits per heavy atom. The molecule has 3 saturated heterocycles. The largest absolute Gasteiger partial charge is 0.393 e. The zero-order chi connectivity index (χ0) is 24.4. The predicted molar refractivity (Wildman–Crippen MR) is 132 cm³/mol. The van der Waals surface area contributed by atoms with Gasteiger partial charge in [0.15, 0.2) is 11.6 Å². The third-order valence-electron chi connectivity index (χ3n) is 8.83. The normalized spacial score (nSPS) is 42.1. The van der Waals surface area contributed by atoms with Crippen LogP contribution < -0.4 is 0 Å². The lowest BCUT2D eigenvalue weighted by Gasteiger charge is -2.51. The highest BCUT2D eigenvalue weighted by atomic mass is 16.7. The summed E-state index contributed by atoms with van der Waals surface area (Å²) in [5.74, 6) is 1.40. The van der Waals surface area contributed by atoms with Crippen LogP contribution in [0.3, 0.4) is 0 Å². The van der Waals surface area contributed by atoms with Crippen LogP contribution in [0.25, 0.3) is 0 Å². The van der Waals surface area contributed by atoms with E-state index in [0.717, 1.165) is 58.0 Å². The van der Waals surface area contributed by atoms with Gasteiger partial charge in [0.25, 0.3) is 0 Å². The first-order chi connectivity index (χ1) is 15.4. The van der Waals surface area contributed by atoms with E-state index in [1.807, 2.05) is 20.8 Å². The van der Waals surface area contributed by atoms with E-state index in [9.17, 15) is 5.11 Å². The number of aliphatic hydroxyl groups excluding tert-OH is 1. The van der Waals surface area contributed by atoms with Gasteiger partial charge in [-0.2, -0.15) is 0 Å². The monoisotopic (exact) mass is 468 g/mol. The summed E-state index contributed by atoms with van der Waals surface area (Å²) in [7, 11) is 0. The molecule has 0 aliphatic carbocycles. The minimum atomic E-state index is -0.480. The number of aliphatic hydroxyl groups is 1. The zero-order valence-electron chi connectivity index (χ0n) is 22.6. The minimum Gasteiger partial charge on any atom is -0.393 e. The molecule has 0 aromatic heterocycles. The van der Waals surface area contributed by atoms with E-state index in [1.54, 1.807) is 0 Å². The number of hydrogen-bond acceptors (Lipinski definition) is 5. The summed E-state index contributed by atoms with van der Waals surface area (Å²) in [5, 5.41) is 9.89. The standard InChI is InChI=1S/C28H52O5/c1-18(23(6)29)9-11-24-19(2)13-15-28(32-24)16-14-21(4)26(33-28)20(3)10-12-25-22(5)17-30-27(7,8)31-25/h18-26,29H,9-17H2,1-8H3/t18-,19+,20+,21-,22+,23?,24-,25-,26-,28+/m0/s1. The zero-order valence-corrected chi connectivity index (χ0v) is 22.6. The first-order valence-electron chi connectivity index (χ1n) is 13.8. The Morgan fingerprint density at radius 1 is 0.818 bits per heavy atom. The Bertz CT molecular complexity index is 603. The minimum absolute atomic E-state index is 0.225. The fourth-order valence-corrected chi connectivity index (χ4v) is 5.97. The van der Waals surface area contributed by atoms with Crippen LogP contribution >= 0.6 is 0 Å². The van der Waals surface area contributed by atoms with Gasteiger partial charge in [0.2, 0.25) is 0 Å². The van der Waals surface area contributed by atoms with E-state index in [-0.39, 0.29) is 24.4 Å². The molecule has 1 spiro atoms. The molecule has 0 bridgehead atoms.